The molecule has 2 heterocycles. The molecule has 0 saturated carbocycles. The van der Waals surface area contributed by atoms with E-state index in [2.05, 4.69) is 30.7 Å². The van der Waals surface area contributed by atoms with Crippen LogP contribution >= 0.6 is 11.3 Å². The van der Waals surface area contributed by atoms with Crippen LogP contribution in [-0.2, 0) is 11.2 Å². The molecular formula is C16H26N2O2S. The number of rotatable bonds is 5. The Bertz CT molecular complexity index is 490. The van der Waals surface area contributed by atoms with Crippen LogP contribution < -0.4 is 0 Å². The fourth-order valence-corrected chi connectivity index (χ4v) is 4.29. The second-order valence-corrected chi connectivity index (χ2v) is 7.47. The summed E-state index contributed by atoms with van der Waals surface area (Å²) in [5.74, 6) is -0.418. The van der Waals surface area contributed by atoms with Crippen LogP contribution in [0.3, 0.4) is 0 Å². The average Bonchev–Trinajstić information content (AvgIpc) is 2.75. The number of carboxylic acid groups (broad SMARTS) is 1. The Kier molecular flexibility index (Phi) is 5.38. The SMILES string of the molecule is Cc1nc(C(C)CN2C(C)CCCC2C)sc1CC(=O)O. The van der Waals surface area contributed by atoms with Crippen LogP contribution in [-0.4, -0.2) is 39.6 Å². The van der Waals surface area contributed by atoms with Gasteiger partial charge in [0, 0.05) is 29.4 Å². The molecule has 0 aromatic carbocycles. The van der Waals surface area contributed by atoms with Gasteiger partial charge >= 0.3 is 5.97 Å². The minimum atomic E-state index is -0.778. The van der Waals surface area contributed by atoms with Gasteiger partial charge in [-0.15, -0.1) is 11.3 Å². The number of nitrogens with zero attached hydrogens (tertiary/aromatic N) is 2. The van der Waals surface area contributed by atoms with E-state index in [9.17, 15) is 4.79 Å². The Morgan fingerprint density at radius 2 is 2.05 bits per heavy atom. The molecule has 0 radical (unpaired) electrons. The molecule has 1 aromatic rings. The summed E-state index contributed by atoms with van der Waals surface area (Å²) in [6.07, 6.45) is 3.97. The van der Waals surface area contributed by atoms with Gasteiger partial charge in [0.05, 0.1) is 17.1 Å². The van der Waals surface area contributed by atoms with Gasteiger partial charge in [-0.1, -0.05) is 13.3 Å². The van der Waals surface area contributed by atoms with Gasteiger partial charge in [0.2, 0.25) is 0 Å². The molecule has 1 aliphatic heterocycles. The zero-order chi connectivity index (χ0) is 15.6. The van der Waals surface area contributed by atoms with E-state index in [1.165, 1.54) is 19.3 Å². The minimum Gasteiger partial charge on any atom is -0.481 e. The number of hydrogen-bond acceptors (Lipinski definition) is 4. The second kappa shape index (κ2) is 6.88. The molecule has 3 atom stereocenters. The topological polar surface area (TPSA) is 53.4 Å². The summed E-state index contributed by atoms with van der Waals surface area (Å²) >= 11 is 1.57. The number of thiazole rings is 1. The molecular weight excluding hydrogens is 284 g/mol. The fraction of sp³-hybridized carbons (Fsp3) is 0.750. The maximum absolute atomic E-state index is 10.9. The predicted octanol–water partition coefficient (Wildman–Crippen LogP) is 3.45. The molecule has 0 bridgehead atoms. The molecule has 2 rings (SSSR count). The average molecular weight is 310 g/mol. The monoisotopic (exact) mass is 310 g/mol. The van der Waals surface area contributed by atoms with Crippen LogP contribution in [0, 0.1) is 6.92 Å². The quantitative estimate of drug-likeness (QED) is 0.905. The van der Waals surface area contributed by atoms with E-state index in [1.807, 2.05) is 6.92 Å². The summed E-state index contributed by atoms with van der Waals surface area (Å²) in [7, 11) is 0. The third-order valence-corrected chi connectivity index (χ3v) is 5.89. The van der Waals surface area contributed by atoms with Gasteiger partial charge in [-0.05, 0) is 33.6 Å². The molecule has 21 heavy (non-hydrogen) atoms. The summed E-state index contributed by atoms with van der Waals surface area (Å²) < 4.78 is 0. The van der Waals surface area contributed by atoms with E-state index in [1.54, 1.807) is 11.3 Å². The summed E-state index contributed by atoms with van der Waals surface area (Å²) in [6, 6.07) is 1.27. The van der Waals surface area contributed by atoms with Crippen LogP contribution in [0.2, 0.25) is 0 Å². The first-order chi connectivity index (χ1) is 9.88. The van der Waals surface area contributed by atoms with E-state index in [-0.39, 0.29) is 6.42 Å². The van der Waals surface area contributed by atoms with Crippen molar-refractivity contribution >= 4 is 17.3 Å². The highest BCUT2D eigenvalue weighted by Crippen LogP contribution is 2.29. The highest BCUT2D eigenvalue weighted by atomic mass is 32.1. The third kappa shape index (κ3) is 4.04. The van der Waals surface area contributed by atoms with E-state index < -0.39 is 5.97 Å². The Morgan fingerprint density at radius 1 is 1.43 bits per heavy atom. The van der Waals surface area contributed by atoms with Gasteiger partial charge < -0.3 is 5.11 Å². The molecule has 1 aromatic heterocycles. The number of hydrogen-bond donors (Lipinski definition) is 1. The van der Waals surface area contributed by atoms with E-state index in [0.717, 1.165) is 22.1 Å². The van der Waals surface area contributed by atoms with Gasteiger partial charge in [-0.2, -0.15) is 0 Å². The molecule has 118 valence electrons. The first-order valence-electron chi connectivity index (χ1n) is 7.82. The number of aromatic nitrogens is 1. The smallest absolute Gasteiger partial charge is 0.308 e. The lowest BCUT2D eigenvalue weighted by Crippen LogP contribution is -2.45. The number of likely N-dealkylation sites (tertiary alicyclic amines) is 1. The van der Waals surface area contributed by atoms with Crippen LogP contribution in [0.5, 0.6) is 0 Å². The van der Waals surface area contributed by atoms with Crippen molar-refractivity contribution in [1.29, 1.82) is 0 Å². The van der Waals surface area contributed by atoms with Gasteiger partial charge in [-0.25, -0.2) is 4.98 Å². The van der Waals surface area contributed by atoms with Crippen molar-refractivity contribution < 1.29 is 9.90 Å². The van der Waals surface area contributed by atoms with Crippen LogP contribution in [0.25, 0.3) is 0 Å². The van der Waals surface area contributed by atoms with Crippen LogP contribution in [0.4, 0.5) is 0 Å². The van der Waals surface area contributed by atoms with E-state index in [0.29, 0.717) is 18.0 Å². The lowest BCUT2D eigenvalue weighted by Gasteiger charge is -2.40. The minimum absolute atomic E-state index is 0.0900. The first kappa shape index (κ1) is 16.4. The van der Waals surface area contributed by atoms with Crippen molar-refractivity contribution in [3.8, 4) is 0 Å². The largest absolute Gasteiger partial charge is 0.481 e. The predicted molar refractivity (Wildman–Crippen MR) is 86.1 cm³/mol. The van der Waals surface area contributed by atoms with E-state index >= 15 is 0 Å². The van der Waals surface area contributed by atoms with Gasteiger partial charge in [0.25, 0.3) is 0 Å². The van der Waals surface area contributed by atoms with E-state index in [4.69, 9.17) is 5.11 Å². The third-order valence-electron chi connectivity index (χ3n) is 4.50. The van der Waals surface area contributed by atoms with Gasteiger partial charge in [0.15, 0.2) is 0 Å². The van der Waals surface area contributed by atoms with Gasteiger partial charge in [0.1, 0.15) is 0 Å². The second-order valence-electron chi connectivity index (χ2n) is 6.36. The fourth-order valence-electron chi connectivity index (χ4n) is 3.19. The molecule has 1 N–H and O–H groups in total. The van der Waals surface area contributed by atoms with Crippen molar-refractivity contribution in [2.24, 2.45) is 0 Å². The number of aliphatic carboxylic acids is 1. The van der Waals surface area contributed by atoms with Crippen molar-refractivity contribution in [2.45, 2.75) is 71.4 Å². The maximum Gasteiger partial charge on any atom is 0.308 e. The molecule has 4 nitrogen and oxygen atoms in total. The molecule has 0 spiro atoms. The molecule has 1 fully saturated rings. The Morgan fingerprint density at radius 3 is 2.62 bits per heavy atom. The molecule has 1 aliphatic rings. The zero-order valence-corrected chi connectivity index (χ0v) is 14.2. The molecule has 5 heteroatoms. The molecule has 0 amide bonds. The normalized spacial score (nSPS) is 25.0. The van der Waals surface area contributed by atoms with Crippen molar-refractivity contribution in [2.75, 3.05) is 6.54 Å². The Balaban J connectivity index is 2.05. The van der Waals surface area contributed by atoms with Crippen LogP contribution in [0.15, 0.2) is 0 Å². The Hall–Kier alpha value is -0.940. The summed E-state index contributed by atoms with van der Waals surface area (Å²) in [4.78, 5) is 19.0. The number of carbonyl (C=O) groups is 1. The van der Waals surface area contributed by atoms with Gasteiger partial charge in [-0.3, -0.25) is 9.69 Å². The molecule has 1 saturated heterocycles. The van der Waals surface area contributed by atoms with Crippen molar-refractivity contribution in [3.05, 3.63) is 15.6 Å². The number of aryl methyl sites for hydroxylation is 1. The van der Waals surface area contributed by atoms with Crippen molar-refractivity contribution in [3.63, 3.8) is 0 Å². The highest BCUT2D eigenvalue weighted by molar-refractivity contribution is 7.11. The Labute approximate surface area is 131 Å². The van der Waals surface area contributed by atoms with Crippen LogP contribution in [0.1, 0.15) is 61.5 Å². The lowest BCUT2D eigenvalue weighted by atomic mass is 9.96. The highest BCUT2D eigenvalue weighted by Gasteiger charge is 2.27. The number of carboxylic acids is 1. The maximum atomic E-state index is 10.9. The van der Waals surface area contributed by atoms with Crippen molar-refractivity contribution in [1.82, 2.24) is 9.88 Å². The standard InChI is InChI=1S/C16H26N2O2S/c1-10(9-18-11(2)6-5-7-12(18)3)16-17-13(4)14(21-16)8-15(19)20/h10-12H,5-9H2,1-4H3,(H,19,20). The molecule has 0 aliphatic carbocycles. The molecule has 3 unspecified atom stereocenters. The lowest BCUT2D eigenvalue weighted by molar-refractivity contribution is -0.136. The number of piperidine rings is 1. The summed E-state index contributed by atoms with van der Waals surface area (Å²) in [6.45, 7) is 9.76. The first-order valence-corrected chi connectivity index (χ1v) is 8.63. The summed E-state index contributed by atoms with van der Waals surface area (Å²) in [5, 5.41) is 10.0. The zero-order valence-electron chi connectivity index (χ0n) is 13.4. The summed E-state index contributed by atoms with van der Waals surface area (Å²) in [5.41, 5.74) is 0.879.